The Balaban J connectivity index is 0.000000672. The fraction of sp³-hybridized carbons (Fsp3) is 0.500. The van der Waals surface area contributed by atoms with Crippen LogP contribution < -0.4 is 5.90 Å². The third-order valence-corrected chi connectivity index (χ3v) is 5.47. The van der Waals surface area contributed by atoms with E-state index < -0.39 is 31.5 Å². The summed E-state index contributed by atoms with van der Waals surface area (Å²) in [7, 11) is -5.90. The molecule has 0 radical (unpaired) electrons. The molecule has 0 saturated carbocycles. The molecule has 1 aromatic carbocycles. The zero-order valence-electron chi connectivity index (χ0n) is 16.1. The lowest BCUT2D eigenvalue weighted by Crippen LogP contribution is -2.30. The summed E-state index contributed by atoms with van der Waals surface area (Å²) in [6.07, 6.45) is 3.00. The molecule has 0 saturated heterocycles. The van der Waals surface area contributed by atoms with E-state index in [2.05, 4.69) is 10.7 Å². The standard InChI is InChI=1S/C12H13NO5S.C4H11NO3S.ClH/c1-19(16,17)8-4-7-18-13-11(14)9-5-2-3-6-10(9)12(13)15;1-9(6,7)4-2-3-8-5;/h2-3,5-6H,4,7-8H2,1H3;2-5H2,1H3;1H. The maximum absolute atomic E-state index is 11.9. The van der Waals surface area contributed by atoms with Crippen LogP contribution in [0.2, 0.25) is 0 Å². The summed E-state index contributed by atoms with van der Waals surface area (Å²) in [6.45, 7) is 0.297. The smallest absolute Gasteiger partial charge is 0.285 e. The molecule has 1 aliphatic rings. The molecule has 1 aromatic rings. The molecule has 166 valence electrons. The number of hydrogen-bond acceptors (Lipinski definition) is 9. The zero-order valence-corrected chi connectivity index (χ0v) is 18.5. The molecule has 0 bridgehead atoms. The Kier molecular flexibility index (Phi) is 11.5. The fourth-order valence-electron chi connectivity index (χ4n) is 2.17. The molecule has 0 unspecified atom stereocenters. The van der Waals surface area contributed by atoms with Gasteiger partial charge in [0.1, 0.15) is 19.7 Å². The molecule has 1 heterocycles. The van der Waals surface area contributed by atoms with Crippen LogP contribution in [0.15, 0.2) is 24.3 Å². The number of hydroxylamine groups is 2. The molecule has 29 heavy (non-hydrogen) atoms. The highest BCUT2D eigenvalue weighted by molar-refractivity contribution is 7.90. The highest BCUT2D eigenvalue weighted by atomic mass is 35.5. The summed E-state index contributed by atoms with van der Waals surface area (Å²) in [5.74, 6) is 3.73. The van der Waals surface area contributed by atoms with Crippen LogP contribution in [-0.4, -0.2) is 70.9 Å². The van der Waals surface area contributed by atoms with Crippen molar-refractivity contribution in [3.63, 3.8) is 0 Å². The van der Waals surface area contributed by atoms with E-state index in [0.717, 1.165) is 6.26 Å². The molecule has 0 spiro atoms. The van der Waals surface area contributed by atoms with Gasteiger partial charge in [-0.05, 0) is 25.0 Å². The Morgan fingerprint density at radius 1 is 0.862 bits per heavy atom. The lowest BCUT2D eigenvalue weighted by molar-refractivity contribution is -0.0908. The van der Waals surface area contributed by atoms with Crippen molar-refractivity contribution in [1.82, 2.24) is 5.06 Å². The summed E-state index contributed by atoms with van der Waals surface area (Å²) < 4.78 is 42.7. The van der Waals surface area contributed by atoms with E-state index in [4.69, 9.17) is 4.84 Å². The molecule has 2 N–H and O–H groups in total. The number of nitrogens with zero attached hydrogens (tertiary/aromatic N) is 1. The van der Waals surface area contributed by atoms with Gasteiger partial charge in [-0.15, -0.1) is 17.5 Å². The number of nitrogens with two attached hydrogens (primary N) is 1. The normalized spacial score (nSPS) is 13.4. The lowest BCUT2D eigenvalue weighted by Gasteiger charge is -2.12. The Bertz CT molecular complexity index is 868. The Labute approximate surface area is 176 Å². The summed E-state index contributed by atoms with van der Waals surface area (Å²) in [5.41, 5.74) is 0.603. The summed E-state index contributed by atoms with van der Waals surface area (Å²) in [6, 6.07) is 6.43. The minimum absolute atomic E-state index is 0. The molecule has 0 aromatic heterocycles. The minimum Gasteiger partial charge on any atom is -0.305 e. The van der Waals surface area contributed by atoms with E-state index in [1.807, 2.05) is 0 Å². The summed E-state index contributed by atoms with van der Waals surface area (Å²) in [5, 5.41) is 0.687. The van der Waals surface area contributed by atoms with Gasteiger partial charge in [0.05, 0.1) is 35.8 Å². The lowest BCUT2D eigenvalue weighted by atomic mass is 10.1. The van der Waals surface area contributed by atoms with Crippen LogP contribution in [0.3, 0.4) is 0 Å². The van der Waals surface area contributed by atoms with E-state index in [1.54, 1.807) is 24.3 Å². The number of carbonyl (C=O) groups is 2. The number of hydrogen-bond donors (Lipinski definition) is 1. The molecule has 10 nitrogen and oxygen atoms in total. The van der Waals surface area contributed by atoms with Crippen LogP contribution in [-0.2, 0) is 29.3 Å². The van der Waals surface area contributed by atoms with E-state index in [1.165, 1.54) is 6.26 Å². The van der Waals surface area contributed by atoms with Crippen LogP contribution in [0.5, 0.6) is 0 Å². The number of benzene rings is 1. The van der Waals surface area contributed by atoms with Gasteiger partial charge in [-0.25, -0.2) is 22.7 Å². The van der Waals surface area contributed by atoms with Gasteiger partial charge in [-0.1, -0.05) is 12.1 Å². The third kappa shape index (κ3) is 10.1. The number of fused-ring (bicyclic) bond motifs is 1. The topological polar surface area (TPSA) is 150 Å². The number of amides is 2. The largest absolute Gasteiger partial charge is 0.305 e. The monoisotopic (exact) mass is 472 g/mol. The molecule has 2 rings (SSSR count). The van der Waals surface area contributed by atoms with E-state index in [9.17, 15) is 26.4 Å². The quantitative estimate of drug-likeness (QED) is 0.305. The first-order chi connectivity index (χ1) is 13.0. The van der Waals surface area contributed by atoms with Gasteiger partial charge in [-0.3, -0.25) is 14.4 Å². The van der Waals surface area contributed by atoms with Gasteiger partial charge in [0.2, 0.25) is 0 Å². The second-order valence-electron chi connectivity index (χ2n) is 6.12. The van der Waals surface area contributed by atoms with Gasteiger partial charge in [0, 0.05) is 12.5 Å². The van der Waals surface area contributed by atoms with Gasteiger partial charge in [0.15, 0.2) is 0 Å². The van der Waals surface area contributed by atoms with Crippen LogP contribution in [0.1, 0.15) is 33.6 Å². The Morgan fingerprint density at radius 3 is 1.66 bits per heavy atom. The van der Waals surface area contributed by atoms with Crippen molar-refractivity contribution >= 4 is 43.9 Å². The Morgan fingerprint density at radius 2 is 1.28 bits per heavy atom. The van der Waals surface area contributed by atoms with Crippen molar-refractivity contribution in [3.8, 4) is 0 Å². The Hall–Kier alpha value is -1.57. The zero-order chi connectivity index (χ0) is 21.4. The van der Waals surface area contributed by atoms with Gasteiger partial charge < -0.3 is 4.84 Å². The van der Waals surface area contributed by atoms with Crippen LogP contribution >= 0.6 is 12.4 Å². The van der Waals surface area contributed by atoms with Crippen LogP contribution in [0.4, 0.5) is 0 Å². The van der Waals surface area contributed by atoms with Crippen molar-refractivity contribution in [1.29, 1.82) is 0 Å². The molecular formula is C16H25ClN2O8S2. The summed E-state index contributed by atoms with van der Waals surface area (Å²) in [4.78, 5) is 33.0. The predicted molar refractivity (Wildman–Crippen MR) is 109 cm³/mol. The molecule has 1 aliphatic heterocycles. The molecule has 0 aliphatic carbocycles. The number of imide groups is 1. The molecule has 13 heteroatoms. The first-order valence-corrected chi connectivity index (χ1v) is 12.4. The fourth-order valence-corrected chi connectivity index (χ4v) is 3.45. The van der Waals surface area contributed by atoms with Crippen molar-refractivity contribution in [2.75, 3.05) is 37.2 Å². The predicted octanol–water partition coefficient (Wildman–Crippen LogP) is 0.382. The maximum Gasteiger partial charge on any atom is 0.285 e. The number of sulfone groups is 2. The average Bonchev–Trinajstić information content (AvgIpc) is 2.82. The SMILES string of the molecule is CS(=O)(=O)CCCON.CS(=O)(=O)CCCON1C(=O)c2ccccc2C1=O.Cl. The molecule has 2 amide bonds. The van der Waals surface area contributed by atoms with Crippen molar-refractivity contribution in [3.05, 3.63) is 35.4 Å². The second kappa shape index (κ2) is 12.2. The highest BCUT2D eigenvalue weighted by Gasteiger charge is 2.36. The highest BCUT2D eigenvalue weighted by Crippen LogP contribution is 2.22. The average molecular weight is 473 g/mol. The maximum atomic E-state index is 11.9. The second-order valence-corrected chi connectivity index (χ2v) is 10.6. The van der Waals surface area contributed by atoms with Gasteiger partial charge in [0.25, 0.3) is 11.8 Å². The minimum atomic E-state index is -3.07. The molecule has 0 fully saturated rings. The van der Waals surface area contributed by atoms with E-state index >= 15 is 0 Å². The van der Waals surface area contributed by atoms with Crippen LogP contribution in [0, 0.1) is 0 Å². The number of carbonyl (C=O) groups excluding carboxylic acids is 2. The first-order valence-electron chi connectivity index (χ1n) is 8.24. The molecule has 0 atom stereocenters. The van der Waals surface area contributed by atoms with E-state index in [0.29, 0.717) is 29.2 Å². The molecular weight excluding hydrogens is 448 g/mol. The van der Waals surface area contributed by atoms with Crippen molar-refractivity contribution in [2.45, 2.75) is 12.8 Å². The number of halogens is 1. The van der Waals surface area contributed by atoms with Gasteiger partial charge in [-0.2, -0.15) is 0 Å². The van der Waals surface area contributed by atoms with Crippen LogP contribution in [0.25, 0.3) is 0 Å². The third-order valence-electron chi connectivity index (χ3n) is 3.41. The van der Waals surface area contributed by atoms with Crippen molar-refractivity contribution < 1.29 is 36.1 Å². The van der Waals surface area contributed by atoms with Gasteiger partial charge >= 0.3 is 0 Å². The number of rotatable bonds is 9. The summed E-state index contributed by atoms with van der Waals surface area (Å²) >= 11 is 0. The van der Waals surface area contributed by atoms with Crippen molar-refractivity contribution in [2.24, 2.45) is 5.90 Å². The first kappa shape index (κ1) is 27.4. The van der Waals surface area contributed by atoms with E-state index in [-0.39, 0.29) is 36.9 Å².